The monoisotopic (exact) mass is 281 g/mol. The molecule has 0 saturated heterocycles. The summed E-state index contributed by atoms with van der Waals surface area (Å²) in [4.78, 5) is 3.54. The second-order valence-corrected chi connectivity index (χ2v) is 4.39. The van der Waals surface area contributed by atoms with Gasteiger partial charge in [-0.05, 0) is 36.2 Å². The van der Waals surface area contributed by atoms with Crippen molar-refractivity contribution in [3.8, 4) is 0 Å². The summed E-state index contributed by atoms with van der Waals surface area (Å²) in [5.74, 6) is 0.182. The molecule has 3 N–H and O–H groups in total. The molecular formula is C14H14F3N3. The Morgan fingerprint density at radius 2 is 1.85 bits per heavy atom. The van der Waals surface area contributed by atoms with Gasteiger partial charge in [-0.25, -0.2) is 4.98 Å². The second kappa shape index (κ2) is 5.40. The fourth-order valence-corrected chi connectivity index (χ4v) is 1.77. The molecule has 1 heterocycles. The molecule has 0 aliphatic carbocycles. The Hall–Kier alpha value is -2.24. The van der Waals surface area contributed by atoms with E-state index in [9.17, 15) is 13.2 Å². The third-order valence-electron chi connectivity index (χ3n) is 2.99. The van der Waals surface area contributed by atoms with E-state index in [0.29, 0.717) is 12.2 Å². The van der Waals surface area contributed by atoms with E-state index < -0.39 is 11.9 Å². The summed E-state index contributed by atoms with van der Waals surface area (Å²) in [7, 11) is 0. The molecule has 106 valence electrons. The lowest BCUT2D eigenvalue weighted by atomic mass is 10.1. The first-order chi connectivity index (χ1) is 9.38. The van der Waals surface area contributed by atoms with E-state index >= 15 is 0 Å². The van der Waals surface area contributed by atoms with E-state index in [0.717, 1.165) is 17.2 Å². The summed E-state index contributed by atoms with van der Waals surface area (Å²) in [5.41, 5.74) is 7.35. The molecule has 1 aromatic heterocycles. The van der Waals surface area contributed by atoms with Crippen LogP contribution in [-0.4, -0.2) is 4.98 Å². The van der Waals surface area contributed by atoms with Crippen LogP contribution in [0.2, 0.25) is 0 Å². The first-order valence-corrected chi connectivity index (χ1v) is 6.00. The van der Waals surface area contributed by atoms with Gasteiger partial charge in [-0.15, -0.1) is 0 Å². The highest BCUT2D eigenvalue weighted by atomic mass is 19.4. The van der Waals surface area contributed by atoms with E-state index in [4.69, 9.17) is 5.73 Å². The molecule has 1 aromatic carbocycles. The highest BCUT2D eigenvalue weighted by molar-refractivity contribution is 5.51. The molecule has 0 bridgehead atoms. The zero-order valence-corrected chi connectivity index (χ0v) is 10.8. The quantitative estimate of drug-likeness (QED) is 0.845. The molecule has 0 spiro atoms. The first kappa shape index (κ1) is 14.2. The van der Waals surface area contributed by atoms with Gasteiger partial charge in [-0.1, -0.05) is 18.2 Å². The predicted octanol–water partition coefficient (Wildman–Crippen LogP) is 3.60. The van der Waals surface area contributed by atoms with Crippen LogP contribution in [0, 0.1) is 6.92 Å². The Morgan fingerprint density at radius 1 is 1.15 bits per heavy atom. The lowest BCUT2D eigenvalue weighted by Crippen LogP contribution is -2.10. The van der Waals surface area contributed by atoms with Gasteiger partial charge in [-0.2, -0.15) is 13.2 Å². The van der Waals surface area contributed by atoms with Gasteiger partial charge in [-0.3, -0.25) is 0 Å². The van der Waals surface area contributed by atoms with E-state index in [2.05, 4.69) is 10.3 Å². The van der Waals surface area contributed by atoms with Gasteiger partial charge in [0.2, 0.25) is 0 Å². The van der Waals surface area contributed by atoms with Crippen LogP contribution in [-0.2, 0) is 12.7 Å². The average Bonchev–Trinajstić information content (AvgIpc) is 2.40. The number of pyridine rings is 1. The Labute approximate surface area is 114 Å². The molecule has 2 rings (SSSR count). The molecule has 0 aliphatic heterocycles. The third kappa shape index (κ3) is 3.20. The van der Waals surface area contributed by atoms with Crippen molar-refractivity contribution >= 4 is 11.5 Å². The Kier molecular flexibility index (Phi) is 3.83. The maximum absolute atomic E-state index is 12.5. The van der Waals surface area contributed by atoms with Crippen LogP contribution < -0.4 is 11.1 Å². The van der Waals surface area contributed by atoms with Crippen molar-refractivity contribution in [3.05, 3.63) is 53.2 Å². The predicted molar refractivity (Wildman–Crippen MR) is 72.2 cm³/mol. The average molecular weight is 281 g/mol. The number of alkyl halides is 3. The largest absolute Gasteiger partial charge is 0.433 e. The van der Waals surface area contributed by atoms with Crippen LogP contribution in [0.15, 0.2) is 36.4 Å². The summed E-state index contributed by atoms with van der Waals surface area (Å²) >= 11 is 0. The molecule has 2 aromatic rings. The summed E-state index contributed by atoms with van der Waals surface area (Å²) in [5, 5.41) is 2.87. The van der Waals surface area contributed by atoms with Crippen LogP contribution in [0.3, 0.4) is 0 Å². The van der Waals surface area contributed by atoms with Crippen LogP contribution in [0.4, 0.5) is 24.7 Å². The Morgan fingerprint density at radius 3 is 2.55 bits per heavy atom. The summed E-state index contributed by atoms with van der Waals surface area (Å²) in [6, 6.07) is 9.21. The van der Waals surface area contributed by atoms with E-state index in [1.54, 1.807) is 12.1 Å². The number of hydrogen-bond donors (Lipinski definition) is 2. The van der Waals surface area contributed by atoms with Crippen molar-refractivity contribution in [2.45, 2.75) is 19.6 Å². The van der Waals surface area contributed by atoms with E-state index in [1.807, 2.05) is 13.0 Å². The summed E-state index contributed by atoms with van der Waals surface area (Å²) in [6.07, 6.45) is -4.44. The maximum Gasteiger partial charge on any atom is 0.433 e. The number of benzene rings is 1. The normalized spacial score (nSPS) is 11.4. The van der Waals surface area contributed by atoms with Gasteiger partial charge in [0.15, 0.2) is 0 Å². The van der Waals surface area contributed by atoms with Gasteiger partial charge in [0, 0.05) is 12.2 Å². The van der Waals surface area contributed by atoms with Gasteiger partial charge in [0.1, 0.15) is 11.5 Å². The fraction of sp³-hybridized carbons (Fsp3) is 0.214. The minimum Gasteiger partial charge on any atom is -0.399 e. The topological polar surface area (TPSA) is 50.9 Å². The van der Waals surface area contributed by atoms with Crippen molar-refractivity contribution in [1.29, 1.82) is 0 Å². The highest BCUT2D eigenvalue weighted by Gasteiger charge is 2.32. The SMILES string of the molecule is Cc1c(N)cccc1CNc1cccc(C(F)(F)F)n1. The Balaban J connectivity index is 2.13. The van der Waals surface area contributed by atoms with Gasteiger partial charge < -0.3 is 11.1 Å². The van der Waals surface area contributed by atoms with Crippen LogP contribution in [0.5, 0.6) is 0 Å². The Bertz CT molecular complexity index is 609. The van der Waals surface area contributed by atoms with Crippen molar-refractivity contribution in [3.63, 3.8) is 0 Å². The van der Waals surface area contributed by atoms with Crippen molar-refractivity contribution < 1.29 is 13.2 Å². The van der Waals surface area contributed by atoms with E-state index in [-0.39, 0.29) is 5.82 Å². The third-order valence-corrected chi connectivity index (χ3v) is 2.99. The number of nitrogen functional groups attached to an aromatic ring is 1. The molecule has 0 amide bonds. The van der Waals surface area contributed by atoms with Crippen LogP contribution in [0.25, 0.3) is 0 Å². The number of rotatable bonds is 3. The number of nitrogens with one attached hydrogen (secondary N) is 1. The molecule has 0 radical (unpaired) electrons. The number of aromatic nitrogens is 1. The molecule has 0 unspecified atom stereocenters. The number of halogens is 3. The molecular weight excluding hydrogens is 267 g/mol. The number of anilines is 2. The lowest BCUT2D eigenvalue weighted by Gasteiger charge is -2.11. The van der Waals surface area contributed by atoms with Crippen LogP contribution >= 0.6 is 0 Å². The summed E-state index contributed by atoms with van der Waals surface area (Å²) < 4.78 is 37.6. The van der Waals surface area contributed by atoms with Crippen molar-refractivity contribution in [2.24, 2.45) is 0 Å². The molecule has 20 heavy (non-hydrogen) atoms. The lowest BCUT2D eigenvalue weighted by molar-refractivity contribution is -0.141. The van der Waals surface area contributed by atoms with Gasteiger partial charge in [0.25, 0.3) is 0 Å². The van der Waals surface area contributed by atoms with Crippen LogP contribution in [0.1, 0.15) is 16.8 Å². The number of hydrogen-bond acceptors (Lipinski definition) is 3. The zero-order valence-electron chi connectivity index (χ0n) is 10.8. The second-order valence-electron chi connectivity index (χ2n) is 4.39. The molecule has 0 fully saturated rings. The first-order valence-electron chi connectivity index (χ1n) is 6.00. The number of nitrogens with two attached hydrogens (primary N) is 1. The van der Waals surface area contributed by atoms with E-state index in [1.165, 1.54) is 12.1 Å². The molecule has 3 nitrogen and oxygen atoms in total. The highest BCUT2D eigenvalue weighted by Crippen LogP contribution is 2.28. The smallest absolute Gasteiger partial charge is 0.399 e. The maximum atomic E-state index is 12.5. The molecule has 0 atom stereocenters. The van der Waals surface area contributed by atoms with Crippen molar-refractivity contribution in [1.82, 2.24) is 4.98 Å². The minimum atomic E-state index is -4.44. The van der Waals surface area contributed by atoms with Gasteiger partial charge in [0.05, 0.1) is 0 Å². The molecule has 0 aliphatic rings. The molecule has 6 heteroatoms. The van der Waals surface area contributed by atoms with Gasteiger partial charge >= 0.3 is 6.18 Å². The summed E-state index contributed by atoms with van der Waals surface area (Å²) in [6.45, 7) is 2.23. The van der Waals surface area contributed by atoms with Crippen molar-refractivity contribution in [2.75, 3.05) is 11.1 Å². The molecule has 0 saturated carbocycles. The zero-order chi connectivity index (χ0) is 14.8. The number of nitrogens with zero attached hydrogens (tertiary/aromatic N) is 1. The standard InChI is InChI=1S/C14H14F3N3/c1-9-10(4-2-5-11(9)18)8-19-13-7-3-6-12(20-13)14(15,16)17/h2-7H,8,18H2,1H3,(H,19,20). The minimum absolute atomic E-state index is 0.182. The fourth-order valence-electron chi connectivity index (χ4n) is 1.77.